The first kappa shape index (κ1) is 15.9. The number of benzene rings is 2. The Bertz CT molecular complexity index is 596. The van der Waals surface area contributed by atoms with Crippen LogP contribution >= 0.6 is 11.8 Å². The Morgan fingerprint density at radius 1 is 1.10 bits per heavy atom. The van der Waals surface area contributed by atoms with Crippen molar-refractivity contribution in [2.75, 3.05) is 5.75 Å². The van der Waals surface area contributed by atoms with E-state index >= 15 is 0 Å². The van der Waals surface area contributed by atoms with Gasteiger partial charge in [0.05, 0.1) is 5.56 Å². The highest BCUT2D eigenvalue weighted by molar-refractivity contribution is 7.99. The van der Waals surface area contributed by atoms with Crippen LogP contribution in [-0.2, 0) is 6.18 Å². The third kappa shape index (κ3) is 4.25. The van der Waals surface area contributed by atoms with Crippen molar-refractivity contribution in [3.8, 4) is 0 Å². The van der Waals surface area contributed by atoms with Crippen molar-refractivity contribution in [1.29, 1.82) is 0 Å². The molecule has 0 heterocycles. The first-order chi connectivity index (χ1) is 9.88. The zero-order chi connectivity index (χ0) is 15.5. The van der Waals surface area contributed by atoms with Crippen molar-refractivity contribution in [3.63, 3.8) is 0 Å². The molecule has 2 N–H and O–H groups in total. The number of hydrogen-bond acceptors (Lipinski definition) is 2. The molecule has 0 saturated carbocycles. The molecule has 1 atom stereocenters. The maximum atomic E-state index is 12.6. The molecule has 0 aliphatic rings. The Kier molecular flexibility index (Phi) is 4.96. The first-order valence-corrected chi connectivity index (χ1v) is 7.47. The Hall–Kier alpha value is -1.46. The summed E-state index contributed by atoms with van der Waals surface area (Å²) in [6, 6.07) is 13.2. The summed E-state index contributed by atoms with van der Waals surface area (Å²) >= 11 is 1.59. The average molecular weight is 311 g/mol. The predicted molar refractivity (Wildman–Crippen MR) is 80.3 cm³/mol. The van der Waals surface area contributed by atoms with Gasteiger partial charge >= 0.3 is 6.18 Å². The zero-order valence-electron chi connectivity index (χ0n) is 11.5. The summed E-state index contributed by atoms with van der Waals surface area (Å²) in [6.45, 7) is 1.66. The molecule has 0 bridgehead atoms. The van der Waals surface area contributed by atoms with Gasteiger partial charge in [0.2, 0.25) is 0 Å². The Morgan fingerprint density at radius 2 is 1.76 bits per heavy atom. The van der Waals surface area contributed by atoms with Crippen LogP contribution in [0, 0.1) is 6.92 Å². The van der Waals surface area contributed by atoms with Crippen LogP contribution in [0.2, 0.25) is 0 Å². The second-order valence-corrected chi connectivity index (χ2v) is 5.89. The van der Waals surface area contributed by atoms with Gasteiger partial charge < -0.3 is 5.73 Å². The SMILES string of the molecule is Cc1cc(C(F)(F)F)ccc1C(N)CSc1ccccc1. The largest absolute Gasteiger partial charge is 0.416 e. The summed E-state index contributed by atoms with van der Waals surface area (Å²) in [5.74, 6) is 0.621. The van der Waals surface area contributed by atoms with Crippen LogP contribution in [0.1, 0.15) is 22.7 Å². The molecule has 2 aromatic carbocycles. The third-order valence-corrected chi connectivity index (χ3v) is 4.30. The lowest BCUT2D eigenvalue weighted by molar-refractivity contribution is -0.137. The second kappa shape index (κ2) is 6.54. The highest BCUT2D eigenvalue weighted by Crippen LogP contribution is 2.32. The van der Waals surface area contributed by atoms with Gasteiger partial charge in [-0.15, -0.1) is 11.8 Å². The number of halogens is 3. The van der Waals surface area contributed by atoms with Gasteiger partial charge in [-0.3, -0.25) is 0 Å². The maximum Gasteiger partial charge on any atom is 0.416 e. The van der Waals surface area contributed by atoms with Crippen LogP contribution in [0.25, 0.3) is 0 Å². The summed E-state index contributed by atoms with van der Waals surface area (Å²) in [5.41, 5.74) is 6.80. The number of thioether (sulfide) groups is 1. The highest BCUT2D eigenvalue weighted by atomic mass is 32.2. The molecule has 0 spiro atoms. The van der Waals surface area contributed by atoms with E-state index in [-0.39, 0.29) is 6.04 Å². The lowest BCUT2D eigenvalue weighted by Gasteiger charge is -2.16. The summed E-state index contributed by atoms with van der Waals surface area (Å²) < 4.78 is 37.9. The molecule has 0 aliphatic carbocycles. The van der Waals surface area contributed by atoms with Crippen molar-refractivity contribution in [3.05, 3.63) is 65.2 Å². The van der Waals surface area contributed by atoms with Crippen LogP contribution in [-0.4, -0.2) is 5.75 Å². The summed E-state index contributed by atoms with van der Waals surface area (Å²) in [4.78, 5) is 1.09. The molecular weight excluding hydrogens is 295 g/mol. The van der Waals surface area contributed by atoms with Crippen LogP contribution in [0.15, 0.2) is 53.4 Å². The molecule has 0 radical (unpaired) electrons. The van der Waals surface area contributed by atoms with E-state index in [1.807, 2.05) is 30.3 Å². The van der Waals surface area contributed by atoms with Crippen molar-refractivity contribution >= 4 is 11.8 Å². The van der Waals surface area contributed by atoms with E-state index in [0.717, 1.165) is 22.6 Å². The highest BCUT2D eigenvalue weighted by Gasteiger charge is 2.30. The predicted octanol–water partition coefficient (Wildman–Crippen LogP) is 4.81. The lowest BCUT2D eigenvalue weighted by atomic mass is 10.0. The second-order valence-electron chi connectivity index (χ2n) is 4.80. The molecule has 0 aromatic heterocycles. The summed E-state index contributed by atoms with van der Waals surface area (Å²) in [7, 11) is 0. The fourth-order valence-electron chi connectivity index (χ4n) is 2.06. The van der Waals surface area contributed by atoms with Gasteiger partial charge in [0, 0.05) is 16.7 Å². The van der Waals surface area contributed by atoms with Crippen LogP contribution in [0.3, 0.4) is 0 Å². The van der Waals surface area contributed by atoms with Gasteiger partial charge in [-0.05, 0) is 42.3 Å². The smallest absolute Gasteiger partial charge is 0.323 e. The minimum absolute atomic E-state index is 0.294. The molecule has 0 amide bonds. The Labute approximate surface area is 126 Å². The number of aryl methyl sites for hydroxylation is 1. The van der Waals surface area contributed by atoms with E-state index in [9.17, 15) is 13.2 Å². The molecule has 2 rings (SSSR count). The van der Waals surface area contributed by atoms with Crippen molar-refractivity contribution in [2.24, 2.45) is 5.73 Å². The first-order valence-electron chi connectivity index (χ1n) is 6.49. The molecule has 1 nitrogen and oxygen atoms in total. The quantitative estimate of drug-likeness (QED) is 0.820. The zero-order valence-corrected chi connectivity index (χ0v) is 12.3. The molecule has 0 saturated heterocycles. The fraction of sp³-hybridized carbons (Fsp3) is 0.250. The van der Waals surface area contributed by atoms with E-state index in [4.69, 9.17) is 5.73 Å². The number of alkyl halides is 3. The Morgan fingerprint density at radius 3 is 2.33 bits per heavy atom. The topological polar surface area (TPSA) is 26.0 Å². The van der Waals surface area contributed by atoms with Gasteiger partial charge in [0.25, 0.3) is 0 Å². The molecule has 0 fully saturated rings. The standard InChI is InChI=1S/C16H16F3NS/c1-11-9-12(16(17,18)19)7-8-14(11)15(20)10-21-13-5-3-2-4-6-13/h2-9,15H,10,20H2,1H3. The number of hydrogen-bond donors (Lipinski definition) is 1. The summed E-state index contributed by atoms with van der Waals surface area (Å²) in [5, 5.41) is 0. The molecular formula is C16H16F3NS. The molecule has 0 aliphatic heterocycles. The minimum Gasteiger partial charge on any atom is -0.323 e. The normalized spacial score (nSPS) is 13.2. The van der Waals surface area contributed by atoms with Crippen LogP contribution in [0.5, 0.6) is 0 Å². The van der Waals surface area contributed by atoms with Crippen LogP contribution < -0.4 is 5.73 Å². The van der Waals surface area contributed by atoms with Crippen LogP contribution in [0.4, 0.5) is 13.2 Å². The van der Waals surface area contributed by atoms with Crippen molar-refractivity contribution in [2.45, 2.75) is 24.0 Å². The molecule has 2 aromatic rings. The average Bonchev–Trinajstić information content (AvgIpc) is 2.45. The van der Waals surface area contributed by atoms with E-state index < -0.39 is 11.7 Å². The number of nitrogens with two attached hydrogens (primary N) is 1. The third-order valence-electron chi connectivity index (χ3n) is 3.17. The maximum absolute atomic E-state index is 12.6. The summed E-state index contributed by atoms with van der Waals surface area (Å²) in [6.07, 6.45) is -4.31. The molecule has 5 heteroatoms. The van der Waals surface area contributed by atoms with Gasteiger partial charge in [0.15, 0.2) is 0 Å². The van der Waals surface area contributed by atoms with E-state index in [1.54, 1.807) is 18.7 Å². The monoisotopic (exact) mass is 311 g/mol. The van der Waals surface area contributed by atoms with Gasteiger partial charge in [-0.25, -0.2) is 0 Å². The van der Waals surface area contributed by atoms with E-state index in [1.165, 1.54) is 6.07 Å². The van der Waals surface area contributed by atoms with E-state index in [0.29, 0.717) is 11.3 Å². The van der Waals surface area contributed by atoms with E-state index in [2.05, 4.69) is 0 Å². The van der Waals surface area contributed by atoms with Gasteiger partial charge in [-0.2, -0.15) is 13.2 Å². The molecule has 112 valence electrons. The lowest BCUT2D eigenvalue weighted by Crippen LogP contribution is -2.15. The Balaban J connectivity index is 2.07. The van der Waals surface area contributed by atoms with Crippen molar-refractivity contribution < 1.29 is 13.2 Å². The van der Waals surface area contributed by atoms with Crippen molar-refractivity contribution in [1.82, 2.24) is 0 Å². The fourth-order valence-corrected chi connectivity index (χ4v) is 2.96. The molecule has 1 unspecified atom stereocenters. The number of rotatable bonds is 4. The molecule has 21 heavy (non-hydrogen) atoms. The van der Waals surface area contributed by atoms with Gasteiger partial charge in [-0.1, -0.05) is 24.3 Å². The van der Waals surface area contributed by atoms with Gasteiger partial charge in [0.1, 0.15) is 0 Å². The minimum atomic E-state index is -4.31.